The number of aliphatic hydroxyl groups is 1. The molecule has 1 rings (SSSR count). The van der Waals surface area contributed by atoms with Crippen molar-refractivity contribution in [2.24, 2.45) is 0 Å². The molecule has 5 nitrogen and oxygen atoms in total. The first-order valence-electron chi connectivity index (χ1n) is 6.55. The van der Waals surface area contributed by atoms with Gasteiger partial charge in [0.25, 0.3) is 0 Å². The van der Waals surface area contributed by atoms with Gasteiger partial charge in [-0.25, -0.2) is 0 Å². The zero-order chi connectivity index (χ0) is 14.1. The number of pyridine rings is 1. The van der Waals surface area contributed by atoms with Crippen LogP contribution in [0.1, 0.15) is 25.5 Å². The van der Waals surface area contributed by atoms with Crippen LogP contribution in [-0.2, 0) is 9.47 Å². The predicted octanol–water partition coefficient (Wildman–Crippen LogP) is 1.14. The van der Waals surface area contributed by atoms with E-state index in [9.17, 15) is 5.11 Å². The SMILES string of the molecule is COCC(C)OCC(O)CN[C@@H](C)c1ccncc1. The average Bonchev–Trinajstić information content (AvgIpc) is 2.44. The Morgan fingerprint density at radius 3 is 2.58 bits per heavy atom. The van der Waals surface area contributed by atoms with Gasteiger partial charge in [-0.3, -0.25) is 4.98 Å². The number of rotatable bonds is 9. The molecule has 0 radical (unpaired) electrons. The topological polar surface area (TPSA) is 63.6 Å². The minimum absolute atomic E-state index is 0.00253. The Morgan fingerprint density at radius 1 is 1.26 bits per heavy atom. The molecular weight excluding hydrogens is 244 g/mol. The van der Waals surface area contributed by atoms with E-state index in [0.717, 1.165) is 5.56 Å². The van der Waals surface area contributed by atoms with Gasteiger partial charge < -0.3 is 19.9 Å². The van der Waals surface area contributed by atoms with Gasteiger partial charge in [-0.2, -0.15) is 0 Å². The number of methoxy groups -OCH3 is 1. The number of hydrogen-bond acceptors (Lipinski definition) is 5. The van der Waals surface area contributed by atoms with Crippen LogP contribution in [0.5, 0.6) is 0 Å². The molecule has 1 heterocycles. The lowest BCUT2D eigenvalue weighted by atomic mass is 10.1. The maximum atomic E-state index is 9.82. The van der Waals surface area contributed by atoms with Gasteiger partial charge in [0.15, 0.2) is 0 Å². The normalized spacial score (nSPS) is 16.0. The molecule has 19 heavy (non-hydrogen) atoms. The molecule has 5 heteroatoms. The van der Waals surface area contributed by atoms with Gasteiger partial charge in [0.1, 0.15) is 0 Å². The summed E-state index contributed by atoms with van der Waals surface area (Å²) < 4.78 is 10.4. The van der Waals surface area contributed by atoms with Gasteiger partial charge in [-0.05, 0) is 31.5 Å². The van der Waals surface area contributed by atoms with E-state index in [1.807, 2.05) is 19.1 Å². The van der Waals surface area contributed by atoms with Crippen LogP contribution in [0.2, 0.25) is 0 Å². The van der Waals surface area contributed by atoms with Crippen molar-refractivity contribution in [3.8, 4) is 0 Å². The van der Waals surface area contributed by atoms with E-state index in [-0.39, 0.29) is 12.1 Å². The molecule has 0 fully saturated rings. The number of aromatic nitrogens is 1. The van der Waals surface area contributed by atoms with Gasteiger partial charge in [0.05, 0.1) is 25.4 Å². The molecule has 1 aromatic heterocycles. The smallest absolute Gasteiger partial charge is 0.0898 e. The summed E-state index contributed by atoms with van der Waals surface area (Å²) in [5.41, 5.74) is 1.15. The molecule has 0 aliphatic heterocycles. The summed E-state index contributed by atoms with van der Waals surface area (Å²) in [5, 5.41) is 13.1. The van der Waals surface area contributed by atoms with Crippen molar-refractivity contribution in [2.75, 3.05) is 26.9 Å². The van der Waals surface area contributed by atoms with Crippen LogP contribution in [0.15, 0.2) is 24.5 Å². The summed E-state index contributed by atoms with van der Waals surface area (Å²) in [6, 6.07) is 4.09. The lowest BCUT2D eigenvalue weighted by molar-refractivity contribution is -0.0315. The van der Waals surface area contributed by atoms with Crippen LogP contribution in [0, 0.1) is 0 Å². The Balaban J connectivity index is 2.21. The molecule has 0 saturated carbocycles. The largest absolute Gasteiger partial charge is 0.389 e. The third kappa shape index (κ3) is 6.63. The third-order valence-electron chi connectivity index (χ3n) is 2.84. The highest BCUT2D eigenvalue weighted by Gasteiger charge is 2.10. The molecule has 2 N–H and O–H groups in total. The molecule has 0 aliphatic rings. The Kier molecular flexibility index (Phi) is 7.59. The van der Waals surface area contributed by atoms with E-state index in [4.69, 9.17) is 9.47 Å². The zero-order valence-corrected chi connectivity index (χ0v) is 11.9. The van der Waals surface area contributed by atoms with E-state index in [0.29, 0.717) is 19.8 Å². The average molecular weight is 268 g/mol. The van der Waals surface area contributed by atoms with Crippen molar-refractivity contribution in [2.45, 2.75) is 32.1 Å². The van der Waals surface area contributed by atoms with E-state index in [2.05, 4.69) is 17.2 Å². The standard InChI is InChI=1S/C14H24N2O3/c1-11(9-18-3)19-10-14(17)8-16-12(2)13-4-6-15-7-5-13/h4-7,11-12,14,16-17H,8-10H2,1-3H3/t11?,12-,14?/m0/s1. The minimum Gasteiger partial charge on any atom is -0.389 e. The molecule has 108 valence electrons. The molecule has 0 amide bonds. The van der Waals surface area contributed by atoms with Gasteiger partial charge in [-0.15, -0.1) is 0 Å². The fraction of sp³-hybridized carbons (Fsp3) is 0.643. The molecule has 0 saturated heterocycles. The summed E-state index contributed by atoms with van der Waals surface area (Å²) in [6.45, 7) is 5.30. The van der Waals surface area contributed by atoms with Crippen molar-refractivity contribution < 1.29 is 14.6 Å². The van der Waals surface area contributed by atoms with Gasteiger partial charge >= 0.3 is 0 Å². The number of hydrogen-bond donors (Lipinski definition) is 2. The first kappa shape index (κ1) is 16.0. The number of nitrogens with one attached hydrogen (secondary N) is 1. The highest BCUT2D eigenvalue weighted by Crippen LogP contribution is 2.09. The number of aliphatic hydroxyl groups excluding tert-OH is 1. The fourth-order valence-electron chi connectivity index (χ4n) is 1.70. The Labute approximate surface area is 115 Å². The third-order valence-corrected chi connectivity index (χ3v) is 2.84. The molecule has 1 aromatic rings. The maximum absolute atomic E-state index is 9.82. The van der Waals surface area contributed by atoms with Gasteiger partial charge in [0.2, 0.25) is 0 Å². The number of ether oxygens (including phenoxy) is 2. The van der Waals surface area contributed by atoms with Crippen LogP contribution in [-0.4, -0.2) is 49.2 Å². The minimum atomic E-state index is -0.524. The van der Waals surface area contributed by atoms with Crippen molar-refractivity contribution in [1.29, 1.82) is 0 Å². The van der Waals surface area contributed by atoms with Gasteiger partial charge in [0, 0.05) is 32.1 Å². The Bertz CT molecular complexity index is 335. The van der Waals surface area contributed by atoms with E-state index >= 15 is 0 Å². The monoisotopic (exact) mass is 268 g/mol. The fourth-order valence-corrected chi connectivity index (χ4v) is 1.70. The van der Waals surface area contributed by atoms with Crippen molar-refractivity contribution in [1.82, 2.24) is 10.3 Å². The predicted molar refractivity (Wildman–Crippen MR) is 74.0 cm³/mol. The lowest BCUT2D eigenvalue weighted by Crippen LogP contribution is -2.33. The van der Waals surface area contributed by atoms with Crippen LogP contribution >= 0.6 is 0 Å². The number of nitrogens with zero attached hydrogens (tertiary/aromatic N) is 1. The summed E-state index contributed by atoms with van der Waals surface area (Å²) in [7, 11) is 1.63. The van der Waals surface area contributed by atoms with Gasteiger partial charge in [-0.1, -0.05) is 0 Å². The van der Waals surface area contributed by atoms with Crippen LogP contribution in [0.3, 0.4) is 0 Å². The zero-order valence-electron chi connectivity index (χ0n) is 11.9. The van der Waals surface area contributed by atoms with Crippen LogP contribution in [0.4, 0.5) is 0 Å². The van der Waals surface area contributed by atoms with Crippen LogP contribution < -0.4 is 5.32 Å². The first-order valence-corrected chi connectivity index (χ1v) is 6.55. The summed E-state index contributed by atoms with van der Waals surface area (Å²) in [5.74, 6) is 0. The highest BCUT2D eigenvalue weighted by molar-refractivity contribution is 5.13. The Hall–Kier alpha value is -1.01. The molecule has 0 bridgehead atoms. The lowest BCUT2D eigenvalue weighted by Gasteiger charge is -2.19. The van der Waals surface area contributed by atoms with E-state index < -0.39 is 6.10 Å². The molecule has 2 unspecified atom stereocenters. The molecule has 3 atom stereocenters. The first-order chi connectivity index (χ1) is 9.13. The highest BCUT2D eigenvalue weighted by atomic mass is 16.5. The second-order valence-electron chi connectivity index (χ2n) is 4.66. The van der Waals surface area contributed by atoms with Crippen molar-refractivity contribution in [3.63, 3.8) is 0 Å². The Morgan fingerprint density at radius 2 is 1.95 bits per heavy atom. The maximum Gasteiger partial charge on any atom is 0.0898 e. The molecule has 0 aliphatic carbocycles. The molecule has 0 aromatic carbocycles. The molecule has 0 spiro atoms. The van der Waals surface area contributed by atoms with E-state index in [1.165, 1.54) is 0 Å². The van der Waals surface area contributed by atoms with E-state index in [1.54, 1.807) is 19.5 Å². The van der Waals surface area contributed by atoms with Crippen molar-refractivity contribution >= 4 is 0 Å². The summed E-state index contributed by atoms with van der Waals surface area (Å²) in [6.07, 6.45) is 3.00. The molecular formula is C14H24N2O3. The summed E-state index contributed by atoms with van der Waals surface area (Å²) >= 11 is 0. The summed E-state index contributed by atoms with van der Waals surface area (Å²) in [4.78, 5) is 3.98. The van der Waals surface area contributed by atoms with Crippen LogP contribution in [0.25, 0.3) is 0 Å². The second-order valence-corrected chi connectivity index (χ2v) is 4.66. The quantitative estimate of drug-likeness (QED) is 0.703. The van der Waals surface area contributed by atoms with Crippen molar-refractivity contribution in [3.05, 3.63) is 30.1 Å². The second kappa shape index (κ2) is 8.98.